The van der Waals surface area contributed by atoms with Crippen LogP contribution < -0.4 is 5.73 Å². The quantitative estimate of drug-likeness (QED) is 0.773. The third-order valence-electron chi connectivity index (χ3n) is 2.57. The Labute approximate surface area is 82.9 Å². The van der Waals surface area contributed by atoms with Crippen molar-refractivity contribution in [3.63, 3.8) is 0 Å². The lowest BCUT2D eigenvalue weighted by Gasteiger charge is -2.09. The second-order valence-corrected chi connectivity index (χ2v) is 3.75. The summed E-state index contributed by atoms with van der Waals surface area (Å²) >= 11 is 0. The zero-order valence-electron chi connectivity index (χ0n) is 7.85. The monoisotopic (exact) mass is 223 g/mol. The van der Waals surface area contributed by atoms with E-state index in [1.165, 1.54) is 7.05 Å². The van der Waals surface area contributed by atoms with Crippen molar-refractivity contribution in [2.24, 2.45) is 12.8 Å². The molecule has 2 rings (SSSR count). The summed E-state index contributed by atoms with van der Waals surface area (Å²) in [6, 6.07) is 0. The van der Waals surface area contributed by atoms with E-state index >= 15 is 0 Å². The first kappa shape index (κ1) is 10.4. The molecule has 1 fully saturated rings. The molecule has 1 aliphatic rings. The van der Waals surface area contributed by atoms with Gasteiger partial charge in [0.15, 0.2) is 0 Å². The van der Waals surface area contributed by atoms with Crippen molar-refractivity contribution < 1.29 is 17.6 Å². The molecule has 1 aromatic heterocycles. The largest absolute Gasteiger partial charge is 0.316 e. The third-order valence-corrected chi connectivity index (χ3v) is 2.57. The zero-order valence-corrected chi connectivity index (χ0v) is 7.85. The van der Waals surface area contributed by atoms with Crippen molar-refractivity contribution in [1.82, 2.24) is 9.78 Å². The summed E-state index contributed by atoms with van der Waals surface area (Å²) in [5.74, 6) is -3.11. The van der Waals surface area contributed by atoms with Crippen molar-refractivity contribution in [3.05, 3.63) is 17.5 Å². The van der Waals surface area contributed by atoms with Gasteiger partial charge in [-0.3, -0.25) is 4.68 Å². The Morgan fingerprint density at radius 1 is 1.53 bits per heavy atom. The van der Waals surface area contributed by atoms with Crippen molar-refractivity contribution in [2.75, 3.05) is 0 Å². The molecule has 0 amide bonds. The van der Waals surface area contributed by atoms with Gasteiger partial charge in [-0.2, -0.15) is 5.10 Å². The lowest BCUT2D eigenvalue weighted by atomic mass is 10.1. The summed E-state index contributed by atoms with van der Waals surface area (Å²) < 4.78 is 51.8. The molecular weight excluding hydrogens is 214 g/mol. The van der Waals surface area contributed by atoms with E-state index in [2.05, 4.69) is 5.10 Å². The molecule has 3 nitrogen and oxygen atoms in total. The highest BCUT2D eigenvalue weighted by molar-refractivity contribution is 5.38. The van der Waals surface area contributed by atoms with Crippen molar-refractivity contribution in [2.45, 2.75) is 24.3 Å². The highest BCUT2D eigenvalue weighted by Crippen LogP contribution is 2.58. The molecule has 0 radical (unpaired) electrons. The van der Waals surface area contributed by atoms with Crippen LogP contribution in [-0.2, 0) is 12.6 Å². The van der Waals surface area contributed by atoms with E-state index in [1.54, 1.807) is 0 Å². The Hall–Kier alpha value is -1.11. The summed E-state index contributed by atoms with van der Waals surface area (Å²) in [4.78, 5) is 0. The first-order valence-electron chi connectivity index (χ1n) is 4.27. The van der Waals surface area contributed by atoms with Crippen LogP contribution in [0.15, 0.2) is 6.20 Å². The fourth-order valence-electron chi connectivity index (χ4n) is 1.61. The summed E-state index contributed by atoms with van der Waals surface area (Å²) in [6.07, 6.45) is -2.37. The van der Waals surface area contributed by atoms with Gasteiger partial charge in [-0.15, -0.1) is 0 Å². The van der Waals surface area contributed by atoms with Crippen molar-refractivity contribution >= 4 is 0 Å². The second-order valence-electron chi connectivity index (χ2n) is 3.75. The number of halogens is 4. The van der Waals surface area contributed by atoms with Gasteiger partial charge < -0.3 is 5.73 Å². The summed E-state index contributed by atoms with van der Waals surface area (Å²) in [6.45, 7) is 0. The van der Waals surface area contributed by atoms with Crippen LogP contribution in [0, 0.1) is 0 Å². The number of aromatic nitrogens is 2. The average molecular weight is 223 g/mol. The molecule has 0 aliphatic heterocycles. The molecule has 0 bridgehead atoms. The Kier molecular flexibility index (Phi) is 1.89. The molecule has 0 saturated heterocycles. The molecule has 1 aromatic rings. The average Bonchev–Trinajstić information content (AvgIpc) is 2.46. The van der Waals surface area contributed by atoms with Crippen LogP contribution in [0.5, 0.6) is 0 Å². The minimum absolute atomic E-state index is 0.259. The molecule has 0 spiro atoms. The van der Waals surface area contributed by atoms with Crippen LogP contribution in [0.4, 0.5) is 17.6 Å². The first-order chi connectivity index (χ1) is 6.78. The van der Waals surface area contributed by atoms with E-state index in [0.717, 1.165) is 10.9 Å². The van der Waals surface area contributed by atoms with Gasteiger partial charge >= 0.3 is 0 Å². The number of nitrogens with two attached hydrogens (primary N) is 1. The van der Waals surface area contributed by atoms with Crippen LogP contribution in [-0.4, -0.2) is 15.7 Å². The molecule has 7 heteroatoms. The Balaban J connectivity index is 2.46. The van der Waals surface area contributed by atoms with Crippen LogP contribution in [0.25, 0.3) is 0 Å². The molecule has 1 saturated carbocycles. The molecule has 15 heavy (non-hydrogen) atoms. The van der Waals surface area contributed by atoms with Crippen molar-refractivity contribution in [3.8, 4) is 0 Å². The minimum atomic E-state index is -3.11. The Morgan fingerprint density at radius 2 is 2.07 bits per heavy atom. The van der Waals surface area contributed by atoms with Crippen LogP contribution in [0.1, 0.15) is 24.1 Å². The predicted molar refractivity (Wildman–Crippen MR) is 43.6 cm³/mol. The van der Waals surface area contributed by atoms with E-state index in [-0.39, 0.29) is 5.56 Å². The summed E-state index contributed by atoms with van der Waals surface area (Å²) in [5, 5.41) is 3.44. The normalized spacial score (nSPS) is 28.5. The Bertz CT molecular complexity index is 401. The van der Waals surface area contributed by atoms with E-state index in [1.807, 2.05) is 0 Å². The number of nitrogens with zero attached hydrogens (tertiary/aromatic N) is 2. The van der Waals surface area contributed by atoms with E-state index < -0.39 is 30.0 Å². The van der Waals surface area contributed by atoms with Gasteiger partial charge in [-0.1, -0.05) is 0 Å². The lowest BCUT2D eigenvalue weighted by molar-refractivity contribution is 0.0869. The Morgan fingerprint density at radius 3 is 2.47 bits per heavy atom. The molecule has 2 N–H and O–H groups in total. The fourth-order valence-corrected chi connectivity index (χ4v) is 1.61. The number of hydrogen-bond acceptors (Lipinski definition) is 2. The second kappa shape index (κ2) is 2.72. The van der Waals surface area contributed by atoms with Gasteiger partial charge in [0, 0.05) is 25.2 Å². The molecule has 1 aliphatic carbocycles. The maximum absolute atomic E-state index is 12.9. The van der Waals surface area contributed by atoms with E-state index in [4.69, 9.17) is 5.73 Å². The van der Waals surface area contributed by atoms with Gasteiger partial charge in [0.1, 0.15) is 11.2 Å². The molecule has 0 aromatic carbocycles. The number of rotatable bonds is 2. The molecule has 84 valence electrons. The first-order valence-corrected chi connectivity index (χ1v) is 4.27. The molecule has 1 atom stereocenters. The maximum atomic E-state index is 12.9. The fraction of sp³-hybridized carbons (Fsp3) is 0.625. The maximum Gasteiger partial charge on any atom is 0.282 e. The number of hydrogen-bond donors (Lipinski definition) is 1. The van der Waals surface area contributed by atoms with Gasteiger partial charge in [0.05, 0.1) is 0 Å². The molecule has 1 heterocycles. The predicted octanol–water partition coefficient (Wildman–Crippen LogP) is 1.55. The van der Waals surface area contributed by atoms with E-state index in [0.29, 0.717) is 0 Å². The third kappa shape index (κ3) is 1.33. The van der Waals surface area contributed by atoms with Crippen LogP contribution in [0.2, 0.25) is 0 Å². The highest BCUT2D eigenvalue weighted by atomic mass is 19.3. The summed E-state index contributed by atoms with van der Waals surface area (Å²) in [5.41, 5.74) is 2.48. The number of alkyl halides is 4. The number of aryl methyl sites for hydroxylation is 1. The molecular formula is C8H9F4N3. The van der Waals surface area contributed by atoms with Crippen LogP contribution in [0.3, 0.4) is 0 Å². The van der Waals surface area contributed by atoms with E-state index in [9.17, 15) is 17.6 Å². The van der Waals surface area contributed by atoms with Gasteiger partial charge in [-0.25, -0.2) is 17.6 Å². The summed E-state index contributed by atoms with van der Waals surface area (Å²) in [7, 11) is 1.39. The minimum Gasteiger partial charge on any atom is -0.316 e. The van der Waals surface area contributed by atoms with Crippen molar-refractivity contribution in [1.29, 1.82) is 0 Å². The lowest BCUT2D eigenvalue weighted by Crippen LogP contribution is -2.28. The molecule has 1 unspecified atom stereocenters. The zero-order chi connectivity index (χ0) is 11.4. The van der Waals surface area contributed by atoms with Gasteiger partial charge in [-0.05, 0) is 0 Å². The standard InChI is InChI=1S/C8H9F4N3/c1-15-2-4(5(14-15)6(9)10)7(13)3-8(7,11)12/h2,6H,3,13H2,1H3. The SMILES string of the molecule is Cn1cc(C2(N)CC2(F)F)c(C(F)F)n1. The highest BCUT2D eigenvalue weighted by Gasteiger charge is 2.71. The topological polar surface area (TPSA) is 43.8 Å². The van der Waals surface area contributed by atoms with Gasteiger partial charge in [0.2, 0.25) is 0 Å². The van der Waals surface area contributed by atoms with Gasteiger partial charge in [0.25, 0.3) is 12.3 Å². The smallest absolute Gasteiger partial charge is 0.282 e. The van der Waals surface area contributed by atoms with Crippen LogP contribution >= 0.6 is 0 Å².